The predicted octanol–water partition coefficient (Wildman–Crippen LogP) is 3.19. The normalized spacial score (nSPS) is 15.9. The summed E-state index contributed by atoms with van der Waals surface area (Å²) in [5, 5.41) is 7.47. The van der Waals surface area contributed by atoms with Crippen LogP contribution in [-0.4, -0.2) is 39.3 Å². The first-order valence-corrected chi connectivity index (χ1v) is 7.86. The number of nitrogens with zero attached hydrogens (tertiary/aromatic N) is 1. The Balaban J connectivity index is 0.00000242. The average molecular weight is 438 g/mol. The first-order valence-electron chi connectivity index (χ1n) is 7.48. The van der Waals surface area contributed by atoms with E-state index in [1.165, 1.54) is 18.4 Å². The Morgan fingerprint density at radius 3 is 2.73 bits per heavy atom. The predicted molar refractivity (Wildman–Crippen MR) is 104 cm³/mol. The Bertz CT molecular complexity index is 492. The van der Waals surface area contributed by atoms with Gasteiger partial charge in [-0.25, -0.2) is 0 Å². The standard InChI is InChI=1S/C16H24ClN3O.HI/c1-3-21-10-9-19-15(18-2)20-12-16(7-8-16)13-5-4-6-14(17)11-13;/h4-6,11H,3,7-10,12H2,1-2H3,(H2,18,19,20);1H. The Kier molecular flexibility index (Phi) is 8.49. The van der Waals surface area contributed by atoms with Crippen molar-refractivity contribution in [2.75, 3.05) is 33.4 Å². The molecule has 0 saturated heterocycles. The molecule has 0 aliphatic heterocycles. The van der Waals surface area contributed by atoms with E-state index >= 15 is 0 Å². The van der Waals surface area contributed by atoms with Gasteiger partial charge < -0.3 is 15.4 Å². The van der Waals surface area contributed by atoms with Gasteiger partial charge in [-0.05, 0) is 37.5 Å². The fourth-order valence-corrected chi connectivity index (χ4v) is 2.59. The molecule has 0 spiro atoms. The van der Waals surface area contributed by atoms with Crippen molar-refractivity contribution in [3.8, 4) is 0 Å². The second kappa shape index (κ2) is 9.57. The zero-order chi connectivity index (χ0) is 15.1. The number of halogens is 2. The largest absolute Gasteiger partial charge is 0.380 e. The van der Waals surface area contributed by atoms with Crippen molar-refractivity contribution in [1.82, 2.24) is 10.6 Å². The van der Waals surface area contributed by atoms with Gasteiger partial charge in [0.25, 0.3) is 0 Å². The van der Waals surface area contributed by atoms with E-state index in [2.05, 4.69) is 27.8 Å². The molecule has 22 heavy (non-hydrogen) atoms. The van der Waals surface area contributed by atoms with Crippen molar-refractivity contribution in [3.63, 3.8) is 0 Å². The van der Waals surface area contributed by atoms with Crippen molar-refractivity contribution in [3.05, 3.63) is 34.9 Å². The monoisotopic (exact) mass is 437 g/mol. The molecule has 124 valence electrons. The van der Waals surface area contributed by atoms with E-state index in [9.17, 15) is 0 Å². The molecule has 0 heterocycles. The van der Waals surface area contributed by atoms with E-state index in [-0.39, 0.29) is 29.4 Å². The number of rotatable bonds is 7. The number of guanidine groups is 1. The molecule has 0 aromatic heterocycles. The average Bonchev–Trinajstić information content (AvgIpc) is 3.28. The summed E-state index contributed by atoms with van der Waals surface area (Å²) >= 11 is 6.10. The maximum Gasteiger partial charge on any atom is 0.191 e. The third kappa shape index (κ3) is 5.59. The maximum absolute atomic E-state index is 6.10. The molecule has 0 atom stereocenters. The van der Waals surface area contributed by atoms with E-state index in [0.717, 1.165) is 30.7 Å². The third-order valence-corrected chi connectivity index (χ3v) is 4.09. The van der Waals surface area contributed by atoms with Crippen molar-refractivity contribution >= 4 is 41.5 Å². The highest BCUT2D eigenvalue weighted by atomic mass is 127. The summed E-state index contributed by atoms with van der Waals surface area (Å²) in [5.41, 5.74) is 1.52. The second-order valence-corrected chi connectivity index (χ2v) is 5.78. The summed E-state index contributed by atoms with van der Waals surface area (Å²) in [6, 6.07) is 8.17. The van der Waals surface area contributed by atoms with Gasteiger partial charge in [0.05, 0.1) is 6.61 Å². The summed E-state index contributed by atoms with van der Waals surface area (Å²) in [4.78, 5) is 4.24. The summed E-state index contributed by atoms with van der Waals surface area (Å²) in [6.07, 6.45) is 2.38. The zero-order valence-corrected chi connectivity index (χ0v) is 16.3. The molecule has 1 fully saturated rings. The van der Waals surface area contributed by atoms with E-state index in [1.54, 1.807) is 7.05 Å². The fraction of sp³-hybridized carbons (Fsp3) is 0.562. The van der Waals surface area contributed by atoms with Gasteiger partial charge in [-0.15, -0.1) is 24.0 Å². The molecule has 4 nitrogen and oxygen atoms in total. The van der Waals surface area contributed by atoms with Gasteiger partial charge in [0.1, 0.15) is 0 Å². The van der Waals surface area contributed by atoms with Gasteiger partial charge in [-0.3, -0.25) is 4.99 Å². The number of hydrogen-bond acceptors (Lipinski definition) is 2. The number of nitrogens with one attached hydrogen (secondary N) is 2. The van der Waals surface area contributed by atoms with Crippen LogP contribution in [0.2, 0.25) is 5.02 Å². The third-order valence-electron chi connectivity index (χ3n) is 3.85. The number of benzene rings is 1. The molecule has 1 aliphatic carbocycles. The van der Waals surface area contributed by atoms with Gasteiger partial charge >= 0.3 is 0 Å². The minimum Gasteiger partial charge on any atom is -0.380 e. The van der Waals surface area contributed by atoms with E-state index in [0.29, 0.717) is 6.61 Å². The van der Waals surface area contributed by atoms with E-state index in [1.807, 2.05) is 19.1 Å². The summed E-state index contributed by atoms with van der Waals surface area (Å²) in [7, 11) is 1.79. The zero-order valence-electron chi connectivity index (χ0n) is 13.2. The van der Waals surface area contributed by atoms with Crippen molar-refractivity contribution in [2.24, 2.45) is 4.99 Å². The van der Waals surface area contributed by atoms with E-state index in [4.69, 9.17) is 16.3 Å². The molecule has 6 heteroatoms. The molecule has 1 aliphatic rings. The Morgan fingerprint density at radius 2 is 2.14 bits per heavy atom. The van der Waals surface area contributed by atoms with Crippen LogP contribution in [0.1, 0.15) is 25.3 Å². The van der Waals surface area contributed by atoms with Crippen LogP contribution in [0, 0.1) is 0 Å². The van der Waals surface area contributed by atoms with Gasteiger partial charge in [0, 0.05) is 37.2 Å². The van der Waals surface area contributed by atoms with Gasteiger partial charge in [-0.2, -0.15) is 0 Å². The van der Waals surface area contributed by atoms with Crippen LogP contribution < -0.4 is 10.6 Å². The molecule has 1 saturated carbocycles. The van der Waals surface area contributed by atoms with Crippen LogP contribution in [0.3, 0.4) is 0 Å². The first-order chi connectivity index (χ1) is 10.2. The molecule has 2 N–H and O–H groups in total. The van der Waals surface area contributed by atoms with Crippen LogP contribution in [0.15, 0.2) is 29.3 Å². The highest BCUT2D eigenvalue weighted by molar-refractivity contribution is 14.0. The maximum atomic E-state index is 6.10. The highest BCUT2D eigenvalue weighted by Gasteiger charge is 2.44. The van der Waals surface area contributed by atoms with Crippen LogP contribution in [0.4, 0.5) is 0 Å². The molecular weight excluding hydrogens is 413 g/mol. The topological polar surface area (TPSA) is 45.6 Å². The lowest BCUT2D eigenvalue weighted by Crippen LogP contribution is -2.42. The van der Waals surface area contributed by atoms with Gasteiger partial charge in [0.15, 0.2) is 5.96 Å². The fourth-order valence-electron chi connectivity index (χ4n) is 2.40. The van der Waals surface area contributed by atoms with Crippen molar-refractivity contribution in [1.29, 1.82) is 0 Å². The quantitative estimate of drug-likeness (QED) is 0.298. The van der Waals surface area contributed by atoms with E-state index < -0.39 is 0 Å². The molecule has 0 bridgehead atoms. The lowest BCUT2D eigenvalue weighted by Gasteiger charge is -2.19. The summed E-state index contributed by atoms with van der Waals surface area (Å²) < 4.78 is 5.31. The minimum absolute atomic E-state index is 0. The Hall–Kier alpha value is -0.530. The number of hydrogen-bond donors (Lipinski definition) is 2. The molecule has 0 amide bonds. The molecule has 2 rings (SSSR count). The number of aliphatic imine (C=N–C) groups is 1. The first kappa shape index (κ1) is 19.5. The summed E-state index contributed by atoms with van der Waals surface area (Å²) in [6.45, 7) is 5.07. The molecule has 1 aromatic carbocycles. The van der Waals surface area contributed by atoms with Gasteiger partial charge in [-0.1, -0.05) is 23.7 Å². The molecular formula is C16H25ClIN3O. The SMILES string of the molecule is CCOCCNC(=NC)NCC1(c2cccc(Cl)c2)CC1.I. The lowest BCUT2D eigenvalue weighted by atomic mass is 9.96. The van der Waals surface area contributed by atoms with Crippen molar-refractivity contribution < 1.29 is 4.74 Å². The molecule has 0 unspecified atom stereocenters. The molecule has 0 radical (unpaired) electrons. The smallest absolute Gasteiger partial charge is 0.191 e. The van der Waals surface area contributed by atoms with Gasteiger partial charge in [0.2, 0.25) is 0 Å². The second-order valence-electron chi connectivity index (χ2n) is 5.34. The minimum atomic E-state index is 0. The van der Waals surface area contributed by atoms with Crippen LogP contribution >= 0.6 is 35.6 Å². The van der Waals surface area contributed by atoms with Crippen LogP contribution in [0.25, 0.3) is 0 Å². The lowest BCUT2D eigenvalue weighted by molar-refractivity contribution is 0.152. The summed E-state index contributed by atoms with van der Waals surface area (Å²) in [5.74, 6) is 0.822. The molecule has 1 aromatic rings. The van der Waals surface area contributed by atoms with Crippen molar-refractivity contribution in [2.45, 2.75) is 25.2 Å². The highest BCUT2D eigenvalue weighted by Crippen LogP contribution is 2.48. The van der Waals surface area contributed by atoms with Crippen LogP contribution in [0.5, 0.6) is 0 Å². The Labute approximate surface area is 155 Å². The van der Waals surface area contributed by atoms with Crippen LogP contribution in [-0.2, 0) is 10.2 Å². The Morgan fingerprint density at radius 1 is 1.36 bits per heavy atom. The number of ether oxygens (including phenoxy) is 1.